The first-order chi connectivity index (χ1) is 8.15. The summed E-state index contributed by atoms with van der Waals surface area (Å²) in [6, 6.07) is 6.46. The molecule has 0 aliphatic heterocycles. The molecule has 1 aromatic heterocycles. The highest BCUT2D eigenvalue weighted by Gasteiger charge is 1.99. The number of aromatic nitrogens is 1. The first-order valence-corrected chi connectivity index (χ1v) is 7.13. The van der Waals surface area contributed by atoms with Gasteiger partial charge >= 0.3 is 0 Å². The predicted molar refractivity (Wildman–Crippen MR) is 76.3 cm³/mol. The molecule has 17 heavy (non-hydrogen) atoms. The summed E-state index contributed by atoms with van der Waals surface area (Å²) in [6.45, 7) is 5.90. The first-order valence-electron chi connectivity index (χ1n) is 5.52. The molecule has 1 heterocycles. The molecule has 0 radical (unpaired) electrons. The highest BCUT2D eigenvalue weighted by Crippen LogP contribution is 2.17. The second kappa shape index (κ2) is 5.76. The lowest BCUT2D eigenvalue weighted by atomic mass is 10.1. The van der Waals surface area contributed by atoms with Crippen LogP contribution in [0.15, 0.2) is 28.9 Å². The van der Waals surface area contributed by atoms with Gasteiger partial charge in [0.25, 0.3) is 0 Å². The van der Waals surface area contributed by atoms with Crippen molar-refractivity contribution in [3.05, 3.63) is 49.9 Å². The third kappa shape index (κ3) is 3.63. The molecule has 0 saturated heterocycles. The van der Waals surface area contributed by atoms with Crippen LogP contribution < -0.4 is 5.32 Å². The fourth-order valence-electron chi connectivity index (χ4n) is 1.56. The summed E-state index contributed by atoms with van der Waals surface area (Å²) < 4.78 is 1.17. The summed E-state index contributed by atoms with van der Waals surface area (Å²) in [5.74, 6) is 0. The van der Waals surface area contributed by atoms with Crippen LogP contribution in [0, 0.1) is 13.8 Å². The minimum absolute atomic E-state index is 0.885. The first kappa shape index (κ1) is 12.7. The van der Waals surface area contributed by atoms with Gasteiger partial charge in [-0.2, -0.15) is 0 Å². The highest BCUT2D eigenvalue weighted by atomic mass is 79.9. The van der Waals surface area contributed by atoms with E-state index in [9.17, 15) is 0 Å². The fraction of sp³-hybridized carbons (Fsp3) is 0.308. The molecular weight excluding hydrogens is 296 g/mol. The van der Waals surface area contributed by atoms with Gasteiger partial charge in [-0.1, -0.05) is 28.1 Å². The molecule has 2 nitrogen and oxygen atoms in total. The summed E-state index contributed by atoms with van der Waals surface area (Å²) >= 11 is 5.30. The Kier molecular flexibility index (Phi) is 4.31. The number of hydrogen-bond acceptors (Lipinski definition) is 3. The van der Waals surface area contributed by atoms with E-state index in [0.717, 1.165) is 18.1 Å². The van der Waals surface area contributed by atoms with Gasteiger partial charge in [0.15, 0.2) is 0 Å². The van der Waals surface area contributed by atoms with Crippen LogP contribution >= 0.6 is 27.3 Å². The number of aryl methyl sites for hydroxylation is 2. The number of nitrogens with zero attached hydrogens (tertiary/aromatic N) is 1. The van der Waals surface area contributed by atoms with E-state index in [1.807, 2.05) is 13.1 Å². The van der Waals surface area contributed by atoms with E-state index < -0.39 is 0 Å². The van der Waals surface area contributed by atoms with Gasteiger partial charge in [-0.05, 0) is 31.0 Å². The number of benzene rings is 1. The Morgan fingerprint density at radius 1 is 1.29 bits per heavy atom. The zero-order chi connectivity index (χ0) is 12.3. The van der Waals surface area contributed by atoms with E-state index in [2.05, 4.69) is 51.4 Å². The van der Waals surface area contributed by atoms with Gasteiger partial charge in [0.2, 0.25) is 0 Å². The molecule has 0 unspecified atom stereocenters. The van der Waals surface area contributed by atoms with Gasteiger partial charge in [0, 0.05) is 28.6 Å². The van der Waals surface area contributed by atoms with Crippen LogP contribution in [-0.2, 0) is 13.1 Å². The van der Waals surface area contributed by atoms with E-state index in [1.165, 1.54) is 20.5 Å². The predicted octanol–water partition coefficient (Wildman–Crippen LogP) is 3.81. The SMILES string of the molecule is Cc1ncc(CNCc2ccc(C)c(Br)c2)s1. The van der Waals surface area contributed by atoms with Gasteiger partial charge in [-0.25, -0.2) is 4.98 Å². The summed E-state index contributed by atoms with van der Waals surface area (Å²) in [4.78, 5) is 5.52. The molecule has 4 heteroatoms. The standard InChI is InChI=1S/C13H15BrN2S/c1-9-3-4-11(5-13(9)14)6-15-7-12-8-16-10(2)17-12/h3-5,8,15H,6-7H2,1-2H3. The zero-order valence-corrected chi connectivity index (χ0v) is 12.4. The number of halogens is 1. The molecule has 2 aromatic rings. The summed E-state index contributed by atoms with van der Waals surface area (Å²) in [5.41, 5.74) is 2.57. The van der Waals surface area contributed by atoms with Gasteiger partial charge in [-0.3, -0.25) is 0 Å². The van der Waals surface area contributed by atoms with Gasteiger partial charge in [0.05, 0.1) is 5.01 Å². The van der Waals surface area contributed by atoms with E-state index in [-0.39, 0.29) is 0 Å². The van der Waals surface area contributed by atoms with Crippen LogP contribution in [0.4, 0.5) is 0 Å². The Morgan fingerprint density at radius 3 is 2.76 bits per heavy atom. The Morgan fingerprint density at radius 2 is 2.12 bits per heavy atom. The molecule has 0 bridgehead atoms. The molecule has 0 saturated carbocycles. The van der Waals surface area contributed by atoms with Gasteiger partial charge in [0.1, 0.15) is 0 Å². The average molecular weight is 311 g/mol. The van der Waals surface area contributed by atoms with Crippen molar-refractivity contribution in [2.24, 2.45) is 0 Å². The summed E-state index contributed by atoms with van der Waals surface area (Å²) in [7, 11) is 0. The largest absolute Gasteiger partial charge is 0.308 e. The summed E-state index contributed by atoms with van der Waals surface area (Å²) in [6.07, 6.45) is 1.94. The van der Waals surface area contributed by atoms with Crippen molar-refractivity contribution in [2.45, 2.75) is 26.9 Å². The number of hydrogen-bond donors (Lipinski definition) is 1. The van der Waals surface area contributed by atoms with Crippen molar-refractivity contribution in [2.75, 3.05) is 0 Å². The Labute approximate surface area is 114 Å². The van der Waals surface area contributed by atoms with E-state index in [0.29, 0.717) is 0 Å². The Balaban J connectivity index is 1.87. The maximum atomic E-state index is 4.24. The molecule has 1 N–H and O–H groups in total. The zero-order valence-electron chi connectivity index (χ0n) is 9.96. The molecule has 1 aromatic carbocycles. The molecule has 2 rings (SSSR count). The highest BCUT2D eigenvalue weighted by molar-refractivity contribution is 9.10. The minimum atomic E-state index is 0.885. The van der Waals surface area contributed by atoms with E-state index >= 15 is 0 Å². The van der Waals surface area contributed by atoms with E-state index in [1.54, 1.807) is 11.3 Å². The molecule has 0 aliphatic rings. The number of rotatable bonds is 4. The topological polar surface area (TPSA) is 24.9 Å². The maximum Gasteiger partial charge on any atom is 0.0897 e. The minimum Gasteiger partial charge on any atom is -0.308 e. The summed E-state index contributed by atoms with van der Waals surface area (Å²) in [5, 5.41) is 4.55. The molecule has 0 atom stereocenters. The second-order valence-corrected chi connectivity index (χ2v) is 6.21. The van der Waals surface area contributed by atoms with Crippen molar-refractivity contribution < 1.29 is 0 Å². The molecule has 0 aliphatic carbocycles. The monoisotopic (exact) mass is 310 g/mol. The van der Waals surface area contributed by atoms with Crippen LogP contribution in [0.1, 0.15) is 21.0 Å². The lowest BCUT2D eigenvalue weighted by Gasteiger charge is -2.05. The molecule has 0 spiro atoms. The third-order valence-corrected chi connectivity index (χ3v) is 4.30. The van der Waals surface area contributed by atoms with Crippen molar-refractivity contribution in [3.63, 3.8) is 0 Å². The van der Waals surface area contributed by atoms with Crippen LogP contribution in [0.25, 0.3) is 0 Å². The van der Waals surface area contributed by atoms with Crippen LogP contribution in [-0.4, -0.2) is 4.98 Å². The quantitative estimate of drug-likeness (QED) is 0.928. The molecular formula is C13H15BrN2S. The number of thiazole rings is 1. The third-order valence-electron chi connectivity index (χ3n) is 2.53. The van der Waals surface area contributed by atoms with E-state index in [4.69, 9.17) is 0 Å². The van der Waals surface area contributed by atoms with Crippen molar-refractivity contribution >= 4 is 27.3 Å². The smallest absolute Gasteiger partial charge is 0.0897 e. The lowest BCUT2D eigenvalue weighted by Crippen LogP contribution is -2.11. The fourth-order valence-corrected chi connectivity index (χ4v) is 2.75. The second-order valence-electron chi connectivity index (χ2n) is 4.03. The van der Waals surface area contributed by atoms with Crippen molar-refractivity contribution in [1.82, 2.24) is 10.3 Å². The van der Waals surface area contributed by atoms with Gasteiger partial charge in [-0.15, -0.1) is 11.3 Å². The molecule has 90 valence electrons. The van der Waals surface area contributed by atoms with Crippen LogP contribution in [0.3, 0.4) is 0 Å². The van der Waals surface area contributed by atoms with Crippen molar-refractivity contribution in [3.8, 4) is 0 Å². The Bertz CT molecular complexity index is 508. The molecule has 0 amide bonds. The average Bonchev–Trinajstić information content (AvgIpc) is 2.70. The maximum absolute atomic E-state index is 4.24. The lowest BCUT2D eigenvalue weighted by molar-refractivity contribution is 0.699. The van der Waals surface area contributed by atoms with Crippen LogP contribution in [0.2, 0.25) is 0 Å². The Hall–Kier alpha value is -0.710. The van der Waals surface area contributed by atoms with Gasteiger partial charge < -0.3 is 5.32 Å². The normalized spacial score (nSPS) is 10.8. The number of nitrogens with one attached hydrogen (secondary N) is 1. The van der Waals surface area contributed by atoms with Crippen molar-refractivity contribution in [1.29, 1.82) is 0 Å². The van der Waals surface area contributed by atoms with Crippen LogP contribution in [0.5, 0.6) is 0 Å². The molecule has 0 fully saturated rings.